The maximum absolute atomic E-state index is 12.2. The highest BCUT2D eigenvalue weighted by atomic mass is 32.2. The summed E-state index contributed by atoms with van der Waals surface area (Å²) < 4.78 is 19.1. The van der Waals surface area contributed by atoms with Crippen molar-refractivity contribution in [2.24, 2.45) is 5.92 Å². The van der Waals surface area contributed by atoms with E-state index in [4.69, 9.17) is 4.55 Å². The molecule has 30 heavy (non-hydrogen) atoms. The fraction of sp³-hybridized carbons (Fsp3) is 0.727. The zero-order valence-electron chi connectivity index (χ0n) is 18.1. The molecule has 1 aliphatic heterocycles. The van der Waals surface area contributed by atoms with Gasteiger partial charge in [0.15, 0.2) is 11.1 Å². The van der Waals surface area contributed by atoms with Crippen molar-refractivity contribution in [1.29, 1.82) is 0 Å². The molecule has 1 aliphatic rings. The van der Waals surface area contributed by atoms with Crippen LogP contribution in [0.2, 0.25) is 0 Å². The first-order valence-electron chi connectivity index (χ1n) is 10.8. The maximum atomic E-state index is 12.2. The standard InChI is InChI=1S/C22H36N2O5S/c1-3-4-7-10-18(2)20(25)14-12-19-13-15-22(27)24(19)16-9-6-5-8-11-21(26)23-17-30(28)29/h12,14,18-20,25H,3,5-6,8-11,13,15-17H2,1-2H3,(H,23,26)(H,28,29)/b14-12+/t18-,19-,20+/m0/s1. The smallest absolute Gasteiger partial charge is 0.223 e. The zero-order valence-corrected chi connectivity index (χ0v) is 19.0. The lowest BCUT2D eigenvalue weighted by Gasteiger charge is -2.23. The molecule has 2 amide bonds. The van der Waals surface area contributed by atoms with Crippen molar-refractivity contribution in [2.75, 3.05) is 12.4 Å². The maximum Gasteiger partial charge on any atom is 0.223 e. The number of aliphatic hydroxyl groups is 1. The number of likely N-dealkylation sites (tertiary alicyclic amines) is 1. The number of nitrogens with one attached hydrogen (secondary N) is 1. The van der Waals surface area contributed by atoms with Gasteiger partial charge in [0.25, 0.3) is 0 Å². The molecule has 0 aromatic heterocycles. The third kappa shape index (κ3) is 10.9. The van der Waals surface area contributed by atoms with E-state index in [1.165, 1.54) is 0 Å². The Labute approximate surface area is 183 Å². The van der Waals surface area contributed by atoms with Crippen molar-refractivity contribution < 1.29 is 23.5 Å². The molecule has 0 aromatic rings. The lowest BCUT2D eigenvalue weighted by molar-refractivity contribution is -0.128. The molecule has 1 heterocycles. The van der Waals surface area contributed by atoms with Crippen LogP contribution in [0.4, 0.5) is 0 Å². The molecule has 0 saturated carbocycles. The highest BCUT2D eigenvalue weighted by Crippen LogP contribution is 2.22. The number of aliphatic hydroxyl groups excluding tert-OH is 1. The Balaban J connectivity index is 2.31. The van der Waals surface area contributed by atoms with Crippen LogP contribution in [0.3, 0.4) is 0 Å². The van der Waals surface area contributed by atoms with Crippen LogP contribution >= 0.6 is 0 Å². The summed E-state index contributed by atoms with van der Waals surface area (Å²) in [5.41, 5.74) is 0. The van der Waals surface area contributed by atoms with E-state index < -0.39 is 17.2 Å². The van der Waals surface area contributed by atoms with E-state index in [0.29, 0.717) is 32.2 Å². The van der Waals surface area contributed by atoms with Gasteiger partial charge in [-0.05, 0) is 25.2 Å². The number of hydrogen-bond donors (Lipinski definition) is 3. The Bertz CT molecular complexity index is 656. The minimum Gasteiger partial charge on any atom is -0.389 e. The van der Waals surface area contributed by atoms with Gasteiger partial charge in [0, 0.05) is 32.2 Å². The summed E-state index contributed by atoms with van der Waals surface area (Å²) >= 11 is -2.01. The van der Waals surface area contributed by atoms with E-state index in [1.54, 1.807) is 6.08 Å². The zero-order chi connectivity index (χ0) is 22.4. The van der Waals surface area contributed by atoms with Gasteiger partial charge in [0.2, 0.25) is 11.8 Å². The summed E-state index contributed by atoms with van der Waals surface area (Å²) in [5, 5.41) is 12.7. The predicted octanol–water partition coefficient (Wildman–Crippen LogP) is 2.58. The second-order valence-electron chi connectivity index (χ2n) is 7.69. The molecular formula is C22H36N2O5S. The summed E-state index contributed by atoms with van der Waals surface area (Å²) in [6, 6.07) is 0.0335. The lowest BCUT2D eigenvalue weighted by atomic mass is 10.00. The number of unbranched alkanes of at least 4 members (excludes halogenated alkanes) is 3. The Hall–Kier alpha value is -1.69. The molecule has 1 rings (SSSR count). The molecular weight excluding hydrogens is 404 g/mol. The van der Waals surface area contributed by atoms with E-state index in [-0.39, 0.29) is 29.7 Å². The van der Waals surface area contributed by atoms with Gasteiger partial charge in [-0.2, -0.15) is 0 Å². The first-order chi connectivity index (χ1) is 14.3. The summed E-state index contributed by atoms with van der Waals surface area (Å²) in [4.78, 5) is 25.5. The second-order valence-corrected chi connectivity index (χ2v) is 8.62. The third-order valence-electron chi connectivity index (χ3n) is 5.16. The molecule has 0 aromatic carbocycles. The monoisotopic (exact) mass is 440 g/mol. The van der Waals surface area contributed by atoms with Crippen LogP contribution in [0.5, 0.6) is 0 Å². The molecule has 0 radical (unpaired) electrons. The summed E-state index contributed by atoms with van der Waals surface area (Å²) in [6.45, 7) is 4.65. The van der Waals surface area contributed by atoms with Gasteiger partial charge in [0.05, 0.1) is 12.1 Å². The molecule has 3 N–H and O–H groups in total. The van der Waals surface area contributed by atoms with Crippen LogP contribution in [-0.4, -0.2) is 55.1 Å². The van der Waals surface area contributed by atoms with Crippen molar-refractivity contribution in [3.63, 3.8) is 0 Å². The Morgan fingerprint density at radius 3 is 2.77 bits per heavy atom. The summed E-state index contributed by atoms with van der Waals surface area (Å²) in [5.74, 6) is 5.84. The van der Waals surface area contributed by atoms with Crippen LogP contribution < -0.4 is 5.32 Å². The molecule has 0 aliphatic carbocycles. The Kier molecular flexibility index (Phi) is 13.3. The molecule has 4 atom stereocenters. The van der Waals surface area contributed by atoms with Crippen molar-refractivity contribution in [2.45, 2.75) is 83.8 Å². The van der Waals surface area contributed by atoms with Gasteiger partial charge in [-0.1, -0.05) is 38.8 Å². The SMILES string of the molecule is CCC#CC[C@H](C)[C@H](O)/C=C/[C@H]1CCC(=O)N1CCCCCCC(=O)NCS(=O)O. The van der Waals surface area contributed by atoms with Crippen molar-refractivity contribution >= 4 is 22.9 Å². The fourth-order valence-electron chi connectivity index (χ4n) is 3.31. The lowest BCUT2D eigenvalue weighted by Crippen LogP contribution is -2.33. The van der Waals surface area contributed by atoms with Gasteiger partial charge in [0.1, 0.15) is 5.88 Å². The number of carbonyl (C=O) groups is 2. The molecule has 1 saturated heterocycles. The average molecular weight is 441 g/mol. The van der Waals surface area contributed by atoms with Crippen LogP contribution in [0.1, 0.15) is 71.6 Å². The van der Waals surface area contributed by atoms with Crippen LogP contribution in [-0.2, 0) is 20.7 Å². The number of hydrogen-bond acceptors (Lipinski definition) is 4. The predicted molar refractivity (Wildman–Crippen MR) is 119 cm³/mol. The van der Waals surface area contributed by atoms with Crippen LogP contribution in [0.15, 0.2) is 12.2 Å². The molecule has 170 valence electrons. The average Bonchev–Trinajstić information content (AvgIpc) is 3.06. The Morgan fingerprint density at radius 1 is 1.33 bits per heavy atom. The van der Waals surface area contributed by atoms with E-state index in [2.05, 4.69) is 17.2 Å². The molecule has 7 nitrogen and oxygen atoms in total. The van der Waals surface area contributed by atoms with Crippen LogP contribution in [0.25, 0.3) is 0 Å². The first-order valence-corrected chi connectivity index (χ1v) is 12.1. The largest absolute Gasteiger partial charge is 0.389 e. The number of rotatable bonds is 13. The normalized spacial score (nSPS) is 19.4. The Morgan fingerprint density at radius 2 is 2.07 bits per heavy atom. The van der Waals surface area contributed by atoms with Gasteiger partial charge >= 0.3 is 0 Å². The summed E-state index contributed by atoms with van der Waals surface area (Å²) in [7, 11) is 0. The highest BCUT2D eigenvalue weighted by molar-refractivity contribution is 7.79. The number of nitrogens with zero attached hydrogens (tertiary/aromatic N) is 1. The van der Waals surface area contributed by atoms with Gasteiger partial charge < -0.3 is 19.9 Å². The fourth-order valence-corrected chi connectivity index (χ4v) is 3.59. The van der Waals surface area contributed by atoms with Gasteiger partial charge in [-0.3, -0.25) is 9.59 Å². The second kappa shape index (κ2) is 15.2. The number of carbonyl (C=O) groups excluding carboxylic acids is 2. The third-order valence-corrected chi connectivity index (χ3v) is 5.55. The topological polar surface area (TPSA) is 107 Å². The minimum atomic E-state index is -2.01. The van der Waals surface area contributed by atoms with E-state index >= 15 is 0 Å². The van der Waals surface area contributed by atoms with Crippen molar-refractivity contribution in [1.82, 2.24) is 10.2 Å². The quantitative estimate of drug-likeness (QED) is 0.177. The molecule has 1 unspecified atom stereocenters. The van der Waals surface area contributed by atoms with Crippen molar-refractivity contribution in [3.05, 3.63) is 12.2 Å². The van der Waals surface area contributed by atoms with Gasteiger partial charge in [-0.25, -0.2) is 4.21 Å². The van der Waals surface area contributed by atoms with Gasteiger partial charge in [-0.15, -0.1) is 11.8 Å². The highest BCUT2D eigenvalue weighted by Gasteiger charge is 2.28. The molecule has 0 spiro atoms. The van der Waals surface area contributed by atoms with E-state index in [9.17, 15) is 18.9 Å². The number of amides is 2. The van der Waals surface area contributed by atoms with Crippen LogP contribution in [0, 0.1) is 17.8 Å². The first kappa shape index (κ1) is 26.3. The van der Waals surface area contributed by atoms with Crippen molar-refractivity contribution in [3.8, 4) is 11.8 Å². The molecule has 0 bridgehead atoms. The van der Waals surface area contributed by atoms with E-state index in [0.717, 1.165) is 32.1 Å². The summed E-state index contributed by atoms with van der Waals surface area (Å²) in [6.07, 6.45) is 9.67. The molecule has 1 fully saturated rings. The molecule has 8 heteroatoms. The minimum absolute atomic E-state index is 0.0335. The van der Waals surface area contributed by atoms with E-state index in [1.807, 2.05) is 24.8 Å².